The fourth-order valence-corrected chi connectivity index (χ4v) is 4.59. The summed E-state index contributed by atoms with van der Waals surface area (Å²) >= 11 is 0. The molecule has 0 saturated carbocycles. The highest BCUT2D eigenvalue weighted by Gasteiger charge is 2.21. The molecular weight excluding hydrogens is 222 g/mol. The highest BCUT2D eigenvalue weighted by Crippen LogP contribution is 2.10. The Morgan fingerprint density at radius 2 is 1.75 bits per heavy atom. The van der Waals surface area contributed by atoms with Crippen molar-refractivity contribution in [2.24, 2.45) is 11.5 Å². The van der Waals surface area contributed by atoms with Gasteiger partial charge in [0.15, 0.2) is 0 Å². The van der Waals surface area contributed by atoms with Crippen LogP contribution >= 0.6 is 0 Å². The van der Waals surface area contributed by atoms with Gasteiger partial charge >= 0.3 is 0 Å². The number of nitrogens with two attached hydrogens (primary N) is 2. The molecule has 1 unspecified atom stereocenters. The predicted molar refractivity (Wildman–Crippen MR) is 70.2 cm³/mol. The van der Waals surface area contributed by atoms with Crippen LogP contribution < -0.4 is 16.8 Å². The first-order valence-corrected chi connectivity index (χ1v) is 8.26. The Balaban J connectivity index is 3.74. The molecule has 0 aromatic carbocycles. The van der Waals surface area contributed by atoms with Crippen molar-refractivity contribution in [3.8, 4) is 0 Å². The molecule has 0 aliphatic rings. The van der Waals surface area contributed by atoms with E-state index in [4.69, 9.17) is 20.9 Å². The standard InChI is InChI=1S/C10H27N3O2Si/c1-14-10(15-2)16(9-5-12)8-3-6-13-7-4-11/h10,13,16H,3-9,11-12H2,1-2H3. The molecule has 0 bridgehead atoms. The number of hydrogen-bond acceptors (Lipinski definition) is 5. The second-order valence-electron chi connectivity index (χ2n) is 3.86. The zero-order chi connectivity index (χ0) is 12.2. The minimum Gasteiger partial charge on any atom is -0.360 e. The van der Waals surface area contributed by atoms with Gasteiger partial charge in [-0.2, -0.15) is 0 Å². The molecule has 1 atom stereocenters. The largest absolute Gasteiger partial charge is 0.360 e. The van der Waals surface area contributed by atoms with Gasteiger partial charge in [-0.05, 0) is 25.6 Å². The van der Waals surface area contributed by atoms with Crippen LogP contribution in [0.15, 0.2) is 0 Å². The lowest BCUT2D eigenvalue weighted by atomic mass is 10.5. The van der Waals surface area contributed by atoms with E-state index in [1.165, 1.54) is 6.04 Å². The maximum atomic E-state index is 5.62. The number of hydrogen-bond donors (Lipinski definition) is 3. The van der Waals surface area contributed by atoms with Gasteiger partial charge in [0.05, 0.1) is 0 Å². The third kappa shape index (κ3) is 7.32. The molecule has 0 fully saturated rings. The molecule has 0 spiro atoms. The van der Waals surface area contributed by atoms with Crippen LogP contribution in [0.4, 0.5) is 0 Å². The van der Waals surface area contributed by atoms with E-state index in [1.807, 2.05) is 0 Å². The van der Waals surface area contributed by atoms with E-state index in [-0.39, 0.29) is 5.91 Å². The summed E-state index contributed by atoms with van der Waals surface area (Å²) in [5, 5.41) is 3.29. The highest BCUT2D eigenvalue weighted by atomic mass is 28.3. The molecule has 0 aliphatic heterocycles. The summed E-state index contributed by atoms with van der Waals surface area (Å²) in [5.74, 6) is -0.00180. The topological polar surface area (TPSA) is 82.5 Å². The molecule has 0 rings (SSSR count). The Kier molecular flexibility index (Phi) is 11.5. The normalized spacial score (nSPS) is 13.3. The fourth-order valence-electron chi connectivity index (χ4n) is 1.83. The molecule has 98 valence electrons. The lowest BCUT2D eigenvalue weighted by Crippen LogP contribution is -2.36. The van der Waals surface area contributed by atoms with Crippen molar-refractivity contribution >= 4 is 8.80 Å². The van der Waals surface area contributed by atoms with Crippen LogP contribution in [0.1, 0.15) is 6.42 Å². The Hall–Kier alpha value is 0.0169. The Bertz CT molecular complexity index is 148. The molecule has 16 heavy (non-hydrogen) atoms. The monoisotopic (exact) mass is 249 g/mol. The molecule has 0 heterocycles. The van der Waals surface area contributed by atoms with Crippen molar-refractivity contribution < 1.29 is 9.47 Å². The van der Waals surface area contributed by atoms with Crippen molar-refractivity contribution in [3.63, 3.8) is 0 Å². The van der Waals surface area contributed by atoms with Crippen LogP contribution in [0.25, 0.3) is 0 Å². The zero-order valence-electron chi connectivity index (χ0n) is 10.6. The molecule has 0 aromatic heterocycles. The third-order valence-electron chi connectivity index (χ3n) is 2.64. The summed E-state index contributed by atoms with van der Waals surface area (Å²) in [6, 6.07) is 2.27. The van der Waals surface area contributed by atoms with Crippen LogP contribution in [0.2, 0.25) is 12.1 Å². The Morgan fingerprint density at radius 3 is 2.25 bits per heavy atom. The molecule has 0 amide bonds. The average molecular weight is 249 g/mol. The number of ether oxygens (including phenoxy) is 2. The average Bonchev–Trinajstić information content (AvgIpc) is 2.30. The number of nitrogens with one attached hydrogen (secondary N) is 1. The maximum absolute atomic E-state index is 5.62. The van der Waals surface area contributed by atoms with E-state index in [2.05, 4.69) is 5.32 Å². The quantitative estimate of drug-likeness (QED) is 0.255. The fraction of sp³-hybridized carbons (Fsp3) is 1.00. The summed E-state index contributed by atoms with van der Waals surface area (Å²) in [4.78, 5) is 0. The van der Waals surface area contributed by atoms with E-state index >= 15 is 0 Å². The predicted octanol–water partition coefficient (Wildman–Crippen LogP) is -0.731. The van der Waals surface area contributed by atoms with Gasteiger partial charge in [0, 0.05) is 27.3 Å². The van der Waals surface area contributed by atoms with E-state index in [0.29, 0.717) is 6.54 Å². The van der Waals surface area contributed by atoms with Crippen LogP contribution in [0.3, 0.4) is 0 Å². The summed E-state index contributed by atoms with van der Waals surface area (Å²) in [6.45, 7) is 3.34. The molecule has 0 radical (unpaired) electrons. The summed E-state index contributed by atoms with van der Waals surface area (Å²) in [7, 11) is 2.37. The van der Waals surface area contributed by atoms with Crippen molar-refractivity contribution in [3.05, 3.63) is 0 Å². The SMILES string of the molecule is COC(OC)[SiH](CCN)CCCNCCN. The highest BCUT2D eigenvalue weighted by molar-refractivity contribution is 6.59. The number of rotatable bonds is 11. The molecule has 6 heteroatoms. The van der Waals surface area contributed by atoms with Gasteiger partial charge in [-0.15, -0.1) is 0 Å². The first kappa shape index (κ1) is 16.0. The van der Waals surface area contributed by atoms with Crippen molar-refractivity contribution in [1.82, 2.24) is 5.32 Å². The minimum atomic E-state index is -1.04. The Labute approximate surface area is 100 Å². The molecule has 0 saturated heterocycles. The summed E-state index contributed by atoms with van der Waals surface area (Å²) in [6.07, 6.45) is 1.15. The van der Waals surface area contributed by atoms with E-state index in [9.17, 15) is 0 Å². The molecular formula is C10H27N3O2Si. The maximum Gasteiger partial charge on any atom is 0.137 e. The second kappa shape index (κ2) is 11.5. The van der Waals surface area contributed by atoms with Crippen LogP contribution in [-0.4, -0.2) is 55.1 Å². The van der Waals surface area contributed by atoms with Crippen LogP contribution in [-0.2, 0) is 9.47 Å². The lowest BCUT2D eigenvalue weighted by Gasteiger charge is -2.23. The van der Waals surface area contributed by atoms with E-state index in [0.717, 1.165) is 32.1 Å². The van der Waals surface area contributed by atoms with Gasteiger partial charge in [0.25, 0.3) is 0 Å². The van der Waals surface area contributed by atoms with Gasteiger partial charge in [-0.3, -0.25) is 0 Å². The first-order chi connectivity index (χ1) is 7.79. The molecule has 0 aromatic rings. The van der Waals surface area contributed by atoms with E-state index < -0.39 is 8.80 Å². The summed E-state index contributed by atoms with van der Waals surface area (Å²) < 4.78 is 10.7. The molecule has 0 aliphatic carbocycles. The van der Waals surface area contributed by atoms with Gasteiger partial charge in [0.1, 0.15) is 14.7 Å². The van der Waals surface area contributed by atoms with Crippen molar-refractivity contribution in [1.29, 1.82) is 0 Å². The lowest BCUT2D eigenvalue weighted by molar-refractivity contribution is -0.0475. The van der Waals surface area contributed by atoms with Crippen LogP contribution in [0, 0.1) is 0 Å². The minimum absolute atomic E-state index is 0.00180. The van der Waals surface area contributed by atoms with Crippen molar-refractivity contribution in [2.45, 2.75) is 24.4 Å². The first-order valence-electron chi connectivity index (χ1n) is 5.96. The van der Waals surface area contributed by atoms with Gasteiger partial charge in [0.2, 0.25) is 0 Å². The van der Waals surface area contributed by atoms with Crippen molar-refractivity contribution in [2.75, 3.05) is 40.4 Å². The third-order valence-corrected chi connectivity index (χ3v) is 6.18. The van der Waals surface area contributed by atoms with Gasteiger partial charge in [-0.1, -0.05) is 6.04 Å². The second-order valence-corrected chi connectivity index (χ2v) is 7.08. The Morgan fingerprint density at radius 1 is 1.06 bits per heavy atom. The van der Waals surface area contributed by atoms with Crippen LogP contribution in [0.5, 0.6) is 0 Å². The molecule has 5 nitrogen and oxygen atoms in total. The number of methoxy groups -OCH3 is 2. The summed E-state index contributed by atoms with van der Waals surface area (Å²) in [5.41, 5.74) is 11.0. The zero-order valence-corrected chi connectivity index (χ0v) is 11.7. The van der Waals surface area contributed by atoms with Gasteiger partial charge in [-0.25, -0.2) is 0 Å². The smallest absolute Gasteiger partial charge is 0.137 e. The van der Waals surface area contributed by atoms with Gasteiger partial charge < -0.3 is 26.3 Å². The molecule has 5 N–H and O–H groups in total. The van der Waals surface area contributed by atoms with E-state index in [1.54, 1.807) is 14.2 Å².